The molecule has 0 aliphatic carbocycles. The van der Waals surface area contributed by atoms with Crippen molar-refractivity contribution in [3.63, 3.8) is 0 Å². The third-order valence-electron chi connectivity index (χ3n) is 3.95. The monoisotopic (exact) mass is 312 g/mol. The van der Waals surface area contributed by atoms with Gasteiger partial charge in [0.25, 0.3) is 0 Å². The van der Waals surface area contributed by atoms with Crippen LogP contribution in [0.1, 0.15) is 29.2 Å². The van der Waals surface area contributed by atoms with E-state index < -0.39 is 0 Å². The van der Waals surface area contributed by atoms with E-state index in [9.17, 15) is 0 Å². The zero-order valence-electron chi connectivity index (χ0n) is 13.1. The molecule has 1 atom stereocenters. The molecule has 0 spiro atoms. The molecule has 114 valence electrons. The number of rotatable bonds is 5. The molecule has 3 nitrogen and oxygen atoms in total. The molecular weight excluding hydrogens is 292 g/mol. The van der Waals surface area contributed by atoms with Gasteiger partial charge in [-0.05, 0) is 38.6 Å². The van der Waals surface area contributed by atoms with Gasteiger partial charge in [-0.25, -0.2) is 4.98 Å². The number of aromatic nitrogens is 1. The summed E-state index contributed by atoms with van der Waals surface area (Å²) in [6.45, 7) is 5.15. The lowest BCUT2D eigenvalue weighted by molar-refractivity contribution is 0.225. The molecule has 22 heavy (non-hydrogen) atoms. The predicted molar refractivity (Wildman–Crippen MR) is 90.9 cm³/mol. The fraction of sp³-hybridized carbons (Fsp3) is 0.278. The number of nitrogens with zero attached hydrogens (tertiary/aromatic N) is 2. The molecule has 0 aliphatic heterocycles. The summed E-state index contributed by atoms with van der Waals surface area (Å²) in [5.41, 5.74) is 2.49. The first-order valence-corrected chi connectivity index (χ1v) is 8.21. The summed E-state index contributed by atoms with van der Waals surface area (Å²) >= 11 is 1.76. The SMILES string of the molecule is Cc1ccccc1-c1ncc(CN(C)C(C)c2ccco2)s1. The van der Waals surface area contributed by atoms with Gasteiger partial charge >= 0.3 is 0 Å². The Balaban J connectivity index is 1.73. The quantitative estimate of drug-likeness (QED) is 0.670. The summed E-state index contributed by atoms with van der Waals surface area (Å²) < 4.78 is 5.49. The van der Waals surface area contributed by atoms with Crippen LogP contribution in [0.2, 0.25) is 0 Å². The van der Waals surface area contributed by atoms with Crippen LogP contribution in [0.15, 0.2) is 53.3 Å². The summed E-state index contributed by atoms with van der Waals surface area (Å²) in [6, 6.07) is 12.6. The van der Waals surface area contributed by atoms with Crippen molar-refractivity contribution in [2.24, 2.45) is 0 Å². The molecule has 0 fully saturated rings. The van der Waals surface area contributed by atoms with Crippen LogP contribution < -0.4 is 0 Å². The Kier molecular flexibility index (Phi) is 4.41. The molecule has 0 saturated carbocycles. The Morgan fingerprint density at radius 1 is 1.23 bits per heavy atom. The Hall–Kier alpha value is -1.91. The molecule has 1 aromatic carbocycles. The smallest absolute Gasteiger partial charge is 0.123 e. The minimum Gasteiger partial charge on any atom is -0.468 e. The molecule has 0 saturated heterocycles. The Morgan fingerprint density at radius 2 is 2.05 bits per heavy atom. The summed E-state index contributed by atoms with van der Waals surface area (Å²) in [5, 5.41) is 1.09. The Morgan fingerprint density at radius 3 is 2.77 bits per heavy atom. The lowest BCUT2D eigenvalue weighted by Crippen LogP contribution is -2.20. The molecule has 0 radical (unpaired) electrons. The van der Waals surface area contributed by atoms with E-state index in [2.05, 4.69) is 55.0 Å². The van der Waals surface area contributed by atoms with E-state index in [0.717, 1.165) is 17.3 Å². The van der Waals surface area contributed by atoms with E-state index in [1.165, 1.54) is 16.0 Å². The van der Waals surface area contributed by atoms with Gasteiger partial charge in [0.2, 0.25) is 0 Å². The molecule has 2 heterocycles. The van der Waals surface area contributed by atoms with E-state index in [1.807, 2.05) is 18.3 Å². The number of aryl methyl sites for hydroxylation is 1. The molecule has 4 heteroatoms. The highest BCUT2D eigenvalue weighted by atomic mass is 32.1. The maximum Gasteiger partial charge on any atom is 0.123 e. The van der Waals surface area contributed by atoms with Gasteiger partial charge in [-0.2, -0.15) is 0 Å². The zero-order chi connectivity index (χ0) is 15.5. The fourth-order valence-corrected chi connectivity index (χ4v) is 3.51. The zero-order valence-corrected chi connectivity index (χ0v) is 13.9. The minimum absolute atomic E-state index is 0.249. The number of hydrogen-bond acceptors (Lipinski definition) is 4. The Labute approximate surface area is 135 Å². The fourth-order valence-electron chi connectivity index (χ4n) is 2.45. The molecule has 3 rings (SSSR count). The van der Waals surface area contributed by atoms with Gasteiger partial charge in [-0.3, -0.25) is 4.90 Å². The lowest BCUT2D eigenvalue weighted by atomic mass is 10.1. The van der Waals surface area contributed by atoms with Crippen molar-refractivity contribution in [1.29, 1.82) is 0 Å². The van der Waals surface area contributed by atoms with Crippen LogP contribution in [0.25, 0.3) is 10.6 Å². The van der Waals surface area contributed by atoms with Gasteiger partial charge in [0.1, 0.15) is 10.8 Å². The largest absolute Gasteiger partial charge is 0.468 e. The van der Waals surface area contributed by atoms with Gasteiger partial charge in [0.15, 0.2) is 0 Å². The predicted octanol–water partition coefficient (Wildman–Crippen LogP) is 4.90. The van der Waals surface area contributed by atoms with Crippen molar-refractivity contribution in [3.05, 3.63) is 65.1 Å². The standard InChI is InChI=1S/C18H20N2OS/c1-13-7-4-5-8-16(13)18-19-11-15(22-18)12-20(3)14(2)17-9-6-10-21-17/h4-11,14H,12H2,1-3H3. The number of benzene rings is 1. The van der Waals surface area contributed by atoms with Gasteiger partial charge < -0.3 is 4.42 Å². The van der Waals surface area contributed by atoms with Crippen LogP contribution in [0, 0.1) is 6.92 Å². The summed E-state index contributed by atoms with van der Waals surface area (Å²) in [6.07, 6.45) is 3.71. The van der Waals surface area contributed by atoms with Crippen LogP contribution in [-0.2, 0) is 6.54 Å². The second-order valence-corrected chi connectivity index (χ2v) is 6.67. The van der Waals surface area contributed by atoms with Crippen molar-refractivity contribution >= 4 is 11.3 Å². The summed E-state index contributed by atoms with van der Waals surface area (Å²) in [7, 11) is 2.11. The highest BCUT2D eigenvalue weighted by molar-refractivity contribution is 7.15. The van der Waals surface area contributed by atoms with Gasteiger partial charge in [-0.15, -0.1) is 11.3 Å². The molecule has 3 aromatic rings. The van der Waals surface area contributed by atoms with Gasteiger partial charge in [0.05, 0.1) is 12.3 Å². The maximum atomic E-state index is 5.49. The van der Waals surface area contributed by atoms with E-state index in [0.29, 0.717) is 0 Å². The average molecular weight is 312 g/mol. The van der Waals surface area contributed by atoms with Crippen LogP contribution in [0.4, 0.5) is 0 Å². The molecule has 0 aliphatic rings. The first kappa shape index (κ1) is 15.0. The van der Waals surface area contributed by atoms with Gasteiger partial charge in [-0.1, -0.05) is 24.3 Å². The lowest BCUT2D eigenvalue weighted by Gasteiger charge is -2.21. The molecule has 0 amide bonds. The highest BCUT2D eigenvalue weighted by Gasteiger charge is 2.16. The third kappa shape index (κ3) is 3.13. The summed E-state index contributed by atoms with van der Waals surface area (Å²) in [4.78, 5) is 8.13. The van der Waals surface area contributed by atoms with E-state index in [-0.39, 0.29) is 6.04 Å². The topological polar surface area (TPSA) is 29.3 Å². The molecule has 1 unspecified atom stereocenters. The number of hydrogen-bond donors (Lipinski definition) is 0. The van der Waals surface area contributed by atoms with Crippen molar-refractivity contribution in [2.75, 3.05) is 7.05 Å². The highest BCUT2D eigenvalue weighted by Crippen LogP contribution is 2.29. The summed E-state index contributed by atoms with van der Waals surface area (Å²) in [5.74, 6) is 0.992. The van der Waals surface area contributed by atoms with Crippen LogP contribution in [0.5, 0.6) is 0 Å². The molecular formula is C18H20N2OS. The van der Waals surface area contributed by atoms with Crippen molar-refractivity contribution in [2.45, 2.75) is 26.4 Å². The second kappa shape index (κ2) is 6.46. The van der Waals surface area contributed by atoms with Crippen LogP contribution >= 0.6 is 11.3 Å². The second-order valence-electron chi connectivity index (χ2n) is 5.55. The number of thiazole rings is 1. The minimum atomic E-state index is 0.249. The van der Waals surface area contributed by atoms with Crippen LogP contribution in [-0.4, -0.2) is 16.9 Å². The van der Waals surface area contributed by atoms with Crippen molar-refractivity contribution in [1.82, 2.24) is 9.88 Å². The first-order valence-electron chi connectivity index (χ1n) is 7.39. The van der Waals surface area contributed by atoms with E-state index >= 15 is 0 Å². The van der Waals surface area contributed by atoms with Crippen molar-refractivity contribution in [3.8, 4) is 10.6 Å². The van der Waals surface area contributed by atoms with E-state index in [1.54, 1.807) is 17.6 Å². The van der Waals surface area contributed by atoms with Crippen molar-refractivity contribution < 1.29 is 4.42 Å². The molecule has 0 bridgehead atoms. The average Bonchev–Trinajstić information content (AvgIpc) is 3.18. The molecule has 2 aromatic heterocycles. The maximum absolute atomic E-state index is 5.49. The van der Waals surface area contributed by atoms with Gasteiger partial charge in [0, 0.05) is 23.2 Å². The number of furan rings is 1. The molecule has 0 N–H and O–H groups in total. The van der Waals surface area contributed by atoms with Crippen LogP contribution in [0.3, 0.4) is 0 Å². The Bertz CT molecular complexity index is 733. The third-order valence-corrected chi connectivity index (χ3v) is 4.97. The first-order chi connectivity index (χ1) is 10.6. The van der Waals surface area contributed by atoms with E-state index in [4.69, 9.17) is 4.42 Å². The normalized spacial score (nSPS) is 12.7.